The van der Waals surface area contributed by atoms with Crippen LogP contribution in [0.15, 0.2) is 34.8 Å². The van der Waals surface area contributed by atoms with Crippen molar-refractivity contribution in [3.05, 3.63) is 57.0 Å². The molecule has 0 aliphatic heterocycles. The van der Waals surface area contributed by atoms with Crippen molar-refractivity contribution in [2.45, 2.75) is 0 Å². The lowest BCUT2D eigenvalue weighted by molar-refractivity contribution is 0.584. The summed E-state index contributed by atoms with van der Waals surface area (Å²) in [5.74, 6) is -1.46. The Morgan fingerprint density at radius 1 is 1.26 bits per heavy atom. The second kappa shape index (κ2) is 5.55. The predicted molar refractivity (Wildman–Crippen MR) is 73.5 cm³/mol. The maximum atomic E-state index is 13.7. The molecule has 0 spiro atoms. The van der Waals surface area contributed by atoms with Crippen molar-refractivity contribution in [3.8, 4) is 6.07 Å². The van der Waals surface area contributed by atoms with Crippen LogP contribution in [0.2, 0.25) is 5.02 Å². The average molecular weight is 344 g/mol. The molecule has 0 bridgehead atoms. The van der Waals surface area contributed by atoms with Gasteiger partial charge in [-0.2, -0.15) is 5.26 Å². The van der Waals surface area contributed by atoms with E-state index in [0.717, 1.165) is 12.1 Å². The van der Waals surface area contributed by atoms with Crippen molar-refractivity contribution in [1.82, 2.24) is 0 Å². The van der Waals surface area contributed by atoms with E-state index >= 15 is 0 Å². The van der Waals surface area contributed by atoms with Gasteiger partial charge in [0.25, 0.3) is 0 Å². The van der Waals surface area contributed by atoms with Crippen molar-refractivity contribution in [2.75, 3.05) is 5.32 Å². The number of hydrogen-bond acceptors (Lipinski definition) is 2. The summed E-state index contributed by atoms with van der Waals surface area (Å²) in [5, 5.41) is 12.0. The molecule has 1 N–H and O–H groups in total. The van der Waals surface area contributed by atoms with Crippen molar-refractivity contribution >= 4 is 38.9 Å². The molecule has 0 aromatic heterocycles. The van der Waals surface area contributed by atoms with Crippen LogP contribution in [0.4, 0.5) is 20.2 Å². The fourth-order valence-electron chi connectivity index (χ4n) is 1.54. The Morgan fingerprint density at radius 2 is 2.00 bits per heavy atom. The standard InChI is InChI=1S/C13H6BrClF2N2/c14-9-4-7(16)5-11(17)13(9)19-12-3-1-2-10(15)8(12)6-18/h1-5,19H. The molecule has 0 saturated carbocycles. The third kappa shape index (κ3) is 2.86. The van der Waals surface area contributed by atoms with Crippen LogP contribution < -0.4 is 5.32 Å². The molecule has 2 aromatic rings. The molecule has 2 nitrogen and oxygen atoms in total. The molecule has 0 aliphatic rings. The van der Waals surface area contributed by atoms with Gasteiger partial charge in [-0.3, -0.25) is 0 Å². The van der Waals surface area contributed by atoms with E-state index in [4.69, 9.17) is 16.9 Å². The lowest BCUT2D eigenvalue weighted by atomic mass is 10.2. The molecule has 2 rings (SSSR count). The lowest BCUT2D eigenvalue weighted by Gasteiger charge is -2.12. The summed E-state index contributed by atoms with van der Waals surface area (Å²) in [6.07, 6.45) is 0. The van der Waals surface area contributed by atoms with Gasteiger partial charge in [0, 0.05) is 10.5 Å². The van der Waals surface area contributed by atoms with E-state index in [2.05, 4.69) is 21.2 Å². The van der Waals surface area contributed by atoms with Crippen LogP contribution in [0.25, 0.3) is 0 Å². The number of nitriles is 1. The highest BCUT2D eigenvalue weighted by Gasteiger charge is 2.13. The molecule has 0 heterocycles. The summed E-state index contributed by atoms with van der Waals surface area (Å²) in [5.41, 5.74) is 0.584. The Hall–Kier alpha value is -1.64. The minimum atomic E-state index is -0.768. The van der Waals surface area contributed by atoms with Gasteiger partial charge in [-0.25, -0.2) is 8.78 Å². The molecule has 0 unspecified atom stereocenters. The first-order valence-corrected chi connectivity index (χ1v) is 6.30. The monoisotopic (exact) mass is 342 g/mol. The van der Waals surface area contributed by atoms with E-state index in [1.807, 2.05) is 6.07 Å². The van der Waals surface area contributed by atoms with E-state index in [-0.39, 0.29) is 20.7 Å². The number of nitrogens with one attached hydrogen (secondary N) is 1. The van der Waals surface area contributed by atoms with Gasteiger partial charge in [0.2, 0.25) is 0 Å². The van der Waals surface area contributed by atoms with Crippen LogP contribution in [0, 0.1) is 23.0 Å². The van der Waals surface area contributed by atoms with Crippen LogP contribution in [-0.2, 0) is 0 Å². The maximum Gasteiger partial charge on any atom is 0.150 e. The zero-order chi connectivity index (χ0) is 14.0. The van der Waals surface area contributed by atoms with Crippen molar-refractivity contribution < 1.29 is 8.78 Å². The van der Waals surface area contributed by atoms with Gasteiger partial charge in [-0.05, 0) is 34.1 Å². The summed E-state index contributed by atoms with van der Waals surface area (Å²) in [6, 6.07) is 8.57. The van der Waals surface area contributed by atoms with Gasteiger partial charge in [-0.1, -0.05) is 17.7 Å². The van der Waals surface area contributed by atoms with Crippen molar-refractivity contribution in [2.24, 2.45) is 0 Å². The molecule has 0 aliphatic carbocycles. The maximum absolute atomic E-state index is 13.7. The Morgan fingerprint density at radius 3 is 2.63 bits per heavy atom. The van der Waals surface area contributed by atoms with Gasteiger partial charge in [-0.15, -0.1) is 0 Å². The van der Waals surface area contributed by atoms with E-state index < -0.39 is 11.6 Å². The second-order valence-electron chi connectivity index (χ2n) is 3.64. The van der Waals surface area contributed by atoms with Gasteiger partial charge < -0.3 is 5.32 Å². The summed E-state index contributed by atoms with van der Waals surface area (Å²) >= 11 is 8.93. The highest BCUT2D eigenvalue weighted by molar-refractivity contribution is 9.10. The largest absolute Gasteiger partial charge is 0.351 e. The number of benzene rings is 2. The van der Waals surface area contributed by atoms with Crippen molar-refractivity contribution in [3.63, 3.8) is 0 Å². The van der Waals surface area contributed by atoms with Crippen LogP contribution in [-0.4, -0.2) is 0 Å². The van der Waals surface area contributed by atoms with Crippen LogP contribution in [0.1, 0.15) is 5.56 Å². The Bertz CT molecular complexity index is 660. The molecular formula is C13H6BrClF2N2. The molecule has 96 valence electrons. The van der Waals surface area contributed by atoms with Crippen LogP contribution >= 0.6 is 27.5 Å². The molecule has 0 amide bonds. The van der Waals surface area contributed by atoms with Gasteiger partial charge >= 0.3 is 0 Å². The molecule has 2 aromatic carbocycles. The first-order chi connectivity index (χ1) is 9.02. The van der Waals surface area contributed by atoms with E-state index in [1.165, 1.54) is 0 Å². The summed E-state index contributed by atoms with van der Waals surface area (Å²) in [7, 11) is 0. The summed E-state index contributed by atoms with van der Waals surface area (Å²) in [6.45, 7) is 0. The number of rotatable bonds is 2. The topological polar surface area (TPSA) is 35.8 Å². The number of halogens is 4. The van der Waals surface area contributed by atoms with E-state index in [9.17, 15) is 8.78 Å². The third-order valence-corrected chi connectivity index (χ3v) is 3.33. The van der Waals surface area contributed by atoms with Gasteiger partial charge in [0.15, 0.2) is 5.82 Å². The first kappa shape index (κ1) is 13.8. The van der Waals surface area contributed by atoms with Gasteiger partial charge in [0.05, 0.1) is 22.0 Å². The predicted octanol–water partition coefficient (Wildman–Crippen LogP) is 5.00. The fourth-order valence-corrected chi connectivity index (χ4v) is 2.26. The second-order valence-corrected chi connectivity index (χ2v) is 4.91. The molecule has 0 fully saturated rings. The third-order valence-electron chi connectivity index (χ3n) is 2.39. The van der Waals surface area contributed by atoms with Crippen molar-refractivity contribution in [1.29, 1.82) is 5.26 Å². The zero-order valence-electron chi connectivity index (χ0n) is 9.35. The van der Waals surface area contributed by atoms with Gasteiger partial charge in [0.1, 0.15) is 11.9 Å². The first-order valence-electron chi connectivity index (χ1n) is 5.13. The number of nitrogens with zero attached hydrogens (tertiary/aromatic N) is 1. The SMILES string of the molecule is N#Cc1c(Cl)cccc1Nc1c(F)cc(F)cc1Br. The van der Waals surface area contributed by atoms with E-state index in [0.29, 0.717) is 5.69 Å². The molecular weight excluding hydrogens is 338 g/mol. The number of anilines is 2. The minimum absolute atomic E-state index is 0.0418. The molecule has 0 atom stereocenters. The summed E-state index contributed by atoms with van der Waals surface area (Å²) in [4.78, 5) is 0. The average Bonchev–Trinajstić information content (AvgIpc) is 2.34. The molecule has 0 radical (unpaired) electrons. The molecule has 19 heavy (non-hydrogen) atoms. The lowest BCUT2D eigenvalue weighted by Crippen LogP contribution is -1.98. The Balaban J connectivity index is 2.49. The normalized spacial score (nSPS) is 10.1. The minimum Gasteiger partial charge on any atom is -0.351 e. The quantitative estimate of drug-likeness (QED) is 0.833. The smallest absolute Gasteiger partial charge is 0.150 e. The summed E-state index contributed by atoms with van der Waals surface area (Å²) < 4.78 is 26.9. The highest BCUT2D eigenvalue weighted by atomic mass is 79.9. The fraction of sp³-hybridized carbons (Fsp3) is 0. The number of hydrogen-bond donors (Lipinski definition) is 1. The highest BCUT2D eigenvalue weighted by Crippen LogP contribution is 2.32. The molecule has 0 saturated heterocycles. The zero-order valence-corrected chi connectivity index (χ0v) is 11.7. The Labute approximate surface area is 121 Å². The molecule has 6 heteroatoms. The van der Waals surface area contributed by atoms with Crippen LogP contribution in [0.5, 0.6) is 0 Å². The van der Waals surface area contributed by atoms with E-state index in [1.54, 1.807) is 18.2 Å². The Kier molecular flexibility index (Phi) is 4.03. The van der Waals surface area contributed by atoms with Crippen LogP contribution in [0.3, 0.4) is 0 Å².